The fraction of sp³-hybridized carbons (Fsp3) is 0.200. The number of thiazole rings is 1. The van der Waals surface area contributed by atoms with Crippen LogP contribution in [0, 0.1) is 6.92 Å². The molecule has 1 N–H and O–H groups in total. The summed E-state index contributed by atoms with van der Waals surface area (Å²) < 4.78 is 39.3. The molecular formula is C15H12F3N3OS. The molecule has 0 bridgehead atoms. The number of anilines is 1. The molecule has 3 aromatic rings. The number of hydrogen-bond donors (Lipinski definition) is 1. The lowest BCUT2D eigenvalue weighted by atomic mass is 10.2. The molecular weight excluding hydrogens is 327 g/mol. The minimum Gasteiger partial charge on any atom is -0.338 e. The van der Waals surface area contributed by atoms with E-state index < -0.39 is 17.0 Å². The predicted molar refractivity (Wildman–Crippen MR) is 82.4 cm³/mol. The lowest BCUT2D eigenvalue weighted by Crippen LogP contribution is -2.18. The van der Waals surface area contributed by atoms with E-state index in [-0.39, 0.29) is 11.7 Å². The average molecular weight is 339 g/mol. The second-order valence-corrected chi connectivity index (χ2v) is 6.11. The van der Waals surface area contributed by atoms with Crippen LogP contribution >= 0.6 is 11.3 Å². The molecule has 1 amide bonds. The number of aryl methyl sites for hydroxylation is 1. The molecule has 0 saturated carbocycles. The third kappa shape index (κ3) is 3.37. The van der Waals surface area contributed by atoms with Crippen LogP contribution in [-0.2, 0) is 17.5 Å². The lowest BCUT2D eigenvalue weighted by molar-refractivity contribution is -0.134. The van der Waals surface area contributed by atoms with E-state index >= 15 is 0 Å². The first kappa shape index (κ1) is 15.5. The van der Waals surface area contributed by atoms with E-state index in [1.54, 1.807) is 10.8 Å². The molecule has 23 heavy (non-hydrogen) atoms. The monoisotopic (exact) mass is 339 g/mol. The summed E-state index contributed by atoms with van der Waals surface area (Å²) in [5.41, 5.74) is 2.00. The second-order valence-electron chi connectivity index (χ2n) is 5.08. The third-order valence-corrected chi connectivity index (χ3v) is 4.23. The lowest BCUT2D eigenvalue weighted by Gasteiger charge is -2.05. The quantitative estimate of drug-likeness (QED) is 0.782. The number of rotatable bonds is 3. The first-order chi connectivity index (χ1) is 10.8. The number of carbonyl (C=O) groups excluding carboxylic acids is 1. The molecule has 0 spiro atoms. The Bertz CT molecular complexity index is 866. The molecule has 0 aliphatic carbocycles. The Labute approximate surface area is 133 Å². The molecule has 2 aromatic heterocycles. The Kier molecular flexibility index (Phi) is 3.85. The van der Waals surface area contributed by atoms with Gasteiger partial charge in [0.15, 0.2) is 5.13 Å². The number of halogens is 3. The van der Waals surface area contributed by atoms with E-state index in [1.165, 1.54) is 0 Å². The maximum absolute atomic E-state index is 12.5. The Morgan fingerprint density at radius 1 is 1.35 bits per heavy atom. The van der Waals surface area contributed by atoms with Crippen molar-refractivity contribution in [3.8, 4) is 0 Å². The fourth-order valence-electron chi connectivity index (χ4n) is 2.23. The number of benzene rings is 1. The third-order valence-electron chi connectivity index (χ3n) is 3.27. The Balaban J connectivity index is 1.72. The highest BCUT2D eigenvalue weighted by Gasteiger charge is 2.33. The summed E-state index contributed by atoms with van der Waals surface area (Å²) in [6.45, 7) is 1.98. The topological polar surface area (TPSA) is 46.9 Å². The maximum Gasteiger partial charge on any atom is 0.427 e. The number of nitrogens with one attached hydrogen (secondary N) is 1. The molecule has 0 saturated heterocycles. The van der Waals surface area contributed by atoms with Gasteiger partial charge < -0.3 is 9.88 Å². The number of alkyl halides is 3. The number of amides is 1. The van der Waals surface area contributed by atoms with Crippen molar-refractivity contribution in [1.82, 2.24) is 9.55 Å². The summed E-state index contributed by atoms with van der Waals surface area (Å²) in [6, 6.07) is 7.73. The van der Waals surface area contributed by atoms with Crippen LogP contribution in [0.3, 0.4) is 0 Å². The standard InChI is InChI=1S/C15H12F3N3OS/c1-9-2-3-11-10(6-9)4-5-21(11)8-13(22)20-14-19-7-12(23-14)15(16,17)18/h2-7H,8H2,1H3,(H,19,20,22). The van der Waals surface area contributed by atoms with Gasteiger partial charge in [0, 0.05) is 11.7 Å². The fourth-order valence-corrected chi connectivity index (χ4v) is 2.93. The van der Waals surface area contributed by atoms with Crippen LogP contribution in [0.2, 0.25) is 0 Å². The molecule has 2 heterocycles. The smallest absolute Gasteiger partial charge is 0.338 e. The van der Waals surface area contributed by atoms with Crippen LogP contribution in [0.25, 0.3) is 10.9 Å². The molecule has 0 fully saturated rings. The van der Waals surface area contributed by atoms with E-state index in [1.807, 2.05) is 31.2 Å². The maximum atomic E-state index is 12.5. The minimum atomic E-state index is -4.45. The number of hydrogen-bond acceptors (Lipinski definition) is 3. The van der Waals surface area contributed by atoms with Gasteiger partial charge in [0.1, 0.15) is 11.4 Å². The van der Waals surface area contributed by atoms with Gasteiger partial charge in [0.05, 0.1) is 6.20 Å². The predicted octanol–water partition coefficient (Wildman–Crippen LogP) is 4.06. The highest BCUT2D eigenvalue weighted by molar-refractivity contribution is 7.15. The number of carbonyl (C=O) groups is 1. The SMILES string of the molecule is Cc1ccc2c(ccn2CC(=O)Nc2ncc(C(F)(F)F)s2)c1. The van der Waals surface area contributed by atoms with Gasteiger partial charge in [-0.1, -0.05) is 23.0 Å². The van der Waals surface area contributed by atoms with Crippen molar-refractivity contribution in [3.63, 3.8) is 0 Å². The van der Waals surface area contributed by atoms with Crippen LogP contribution in [0.15, 0.2) is 36.7 Å². The van der Waals surface area contributed by atoms with Gasteiger partial charge >= 0.3 is 6.18 Å². The summed E-state index contributed by atoms with van der Waals surface area (Å²) in [6.07, 6.45) is -1.96. The summed E-state index contributed by atoms with van der Waals surface area (Å²) >= 11 is 0.409. The molecule has 0 radical (unpaired) electrons. The second kappa shape index (κ2) is 5.69. The van der Waals surface area contributed by atoms with Crippen molar-refractivity contribution in [2.24, 2.45) is 0 Å². The van der Waals surface area contributed by atoms with Crippen LogP contribution < -0.4 is 5.32 Å². The molecule has 3 rings (SSSR count). The van der Waals surface area contributed by atoms with E-state index in [0.717, 1.165) is 16.5 Å². The summed E-state index contributed by atoms with van der Waals surface area (Å²) in [4.78, 5) is 14.7. The zero-order chi connectivity index (χ0) is 16.6. The van der Waals surface area contributed by atoms with Gasteiger partial charge in [-0.25, -0.2) is 4.98 Å². The Morgan fingerprint density at radius 3 is 2.83 bits per heavy atom. The van der Waals surface area contributed by atoms with Crippen LogP contribution in [0.5, 0.6) is 0 Å². The van der Waals surface area contributed by atoms with Crippen molar-refractivity contribution >= 4 is 33.3 Å². The first-order valence-corrected chi connectivity index (χ1v) is 7.53. The molecule has 120 valence electrons. The van der Waals surface area contributed by atoms with E-state index in [0.29, 0.717) is 17.5 Å². The number of aromatic nitrogens is 2. The zero-order valence-corrected chi connectivity index (χ0v) is 12.8. The number of fused-ring (bicyclic) bond motifs is 1. The summed E-state index contributed by atoms with van der Waals surface area (Å²) in [5, 5.41) is 3.34. The molecule has 0 atom stereocenters. The van der Waals surface area contributed by atoms with Gasteiger partial charge in [0.25, 0.3) is 0 Å². The van der Waals surface area contributed by atoms with Crippen molar-refractivity contribution in [3.05, 3.63) is 47.1 Å². The average Bonchev–Trinajstić information content (AvgIpc) is 3.05. The van der Waals surface area contributed by atoms with Crippen molar-refractivity contribution < 1.29 is 18.0 Å². The van der Waals surface area contributed by atoms with Gasteiger partial charge in [-0.05, 0) is 30.5 Å². The normalized spacial score (nSPS) is 11.8. The molecule has 0 aliphatic rings. The summed E-state index contributed by atoms with van der Waals surface area (Å²) in [5.74, 6) is -0.425. The van der Waals surface area contributed by atoms with Gasteiger partial charge in [0.2, 0.25) is 5.91 Å². The highest BCUT2D eigenvalue weighted by Crippen LogP contribution is 2.35. The molecule has 0 unspecified atom stereocenters. The van der Waals surface area contributed by atoms with Crippen LogP contribution in [0.1, 0.15) is 10.4 Å². The van der Waals surface area contributed by atoms with Crippen molar-refractivity contribution in [1.29, 1.82) is 0 Å². The summed E-state index contributed by atoms with van der Waals surface area (Å²) in [7, 11) is 0. The largest absolute Gasteiger partial charge is 0.427 e. The zero-order valence-electron chi connectivity index (χ0n) is 12.0. The Morgan fingerprint density at radius 2 is 2.13 bits per heavy atom. The molecule has 4 nitrogen and oxygen atoms in total. The van der Waals surface area contributed by atoms with E-state index in [9.17, 15) is 18.0 Å². The molecule has 1 aromatic carbocycles. The number of nitrogens with zero attached hydrogens (tertiary/aromatic N) is 2. The van der Waals surface area contributed by atoms with Gasteiger partial charge in [-0.3, -0.25) is 4.79 Å². The van der Waals surface area contributed by atoms with Crippen LogP contribution in [-0.4, -0.2) is 15.5 Å². The van der Waals surface area contributed by atoms with Crippen molar-refractivity contribution in [2.75, 3.05) is 5.32 Å². The van der Waals surface area contributed by atoms with Crippen molar-refractivity contribution in [2.45, 2.75) is 19.6 Å². The minimum absolute atomic E-state index is 0.00743. The first-order valence-electron chi connectivity index (χ1n) is 6.71. The van der Waals surface area contributed by atoms with Crippen LogP contribution in [0.4, 0.5) is 18.3 Å². The highest BCUT2D eigenvalue weighted by atomic mass is 32.1. The Hall–Kier alpha value is -2.35. The van der Waals surface area contributed by atoms with E-state index in [4.69, 9.17) is 0 Å². The molecule has 0 aliphatic heterocycles. The molecule has 8 heteroatoms. The van der Waals surface area contributed by atoms with E-state index in [2.05, 4.69) is 10.3 Å². The van der Waals surface area contributed by atoms with Gasteiger partial charge in [-0.2, -0.15) is 13.2 Å². The van der Waals surface area contributed by atoms with Gasteiger partial charge in [-0.15, -0.1) is 0 Å².